The summed E-state index contributed by atoms with van der Waals surface area (Å²) in [5.41, 5.74) is 2.21. The summed E-state index contributed by atoms with van der Waals surface area (Å²) >= 11 is 1.16. The number of nitrogens with two attached hydrogens (primary N) is 1. The minimum absolute atomic E-state index is 0.161. The van der Waals surface area contributed by atoms with Crippen molar-refractivity contribution in [2.75, 3.05) is 13.2 Å². The van der Waals surface area contributed by atoms with Crippen LogP contribution in [0.15, 0.2) is 39.5 Å². The minimum Gasteiger partial charge on any atom is -0.493 e. The van der Waals surface area contributed by atoms with Crippen LogP contribution in [-0.2, 0) is 23.1 Å². The van der Waals surface area contributed by atoms with Gasteiger partial charge in [-0.05, 0) is 56.4 Å². The van der Waals surface area contributed by atoms with E-state index >= 15 is 0 Å². The molecule has 0 unspecified atom stereocenters. The van der Waals surface area contributed by atoms with Crippen LogP contribution >= 0.6 is 11.3 Å². The summed E-state index contributed by atoms with van der Waals surface area (Å²) in [6.07, 6.45) is 2.51. The lowest BCUT2D eigenvalue weighted by molar-refractivity contribution is 0.296. The van der Waals surface area contributed by atoms with Crippen LogP contribution in [0.5, 0.6) is 5.75 Å². The molecule has 1 aromatic heterocycles. The number of hydrogen-bond donors (Lipinski definition) is 3. The number of benzene rings is 1. The van der Waals surface area contributed by atoms with Gasteiger partial charge in [-0.3, -0.25) is 0 Å². The highest BCUT2D eigenvalue weighted by Crippen LogP contribution is 2.31. The fourth-order valence-corrected chi connectivity index (χ4v) is 4.42. The van der Waals surface area contributed by atoms with E-state index in [1.54, 1.807) is 6.07 Å². The van der Waals surface area contributed by atoms with E-state index in [0.29, 0.717) is 25.0 Å². The van der Waals surface area contributed by atoms with Crippen LogP contribution in [0.25, 0.3) is 0 Å². The highest BCUT2D eigenvalue weighted by Gasteiger charge is 2.22. The Bertz CT molecular complexity index is 966. The summed E-state index contributed by atoms with van der Waals surface area (Å²) < 4.78 is 29.0. The van der Waals surface area contributed by atoms with E-state index in [9.17, 15) is 8.42 Å². The molecule has 0 radical (unpaired) electrons. The minimum atomic E-state index is -3.66. The Morgan fingerprint density at radius 2 is 2.07 bits per heavy atom. The first kappa shape index (κ1) is 21.6. The van der Waals surface area contributed by atoms with Crippen LogP contribution in [0.4, 0.5) is 0 Å². The topological polar surface area (TPSA) is 106 Å². The van der Waals surface area contributed by atoms with E-state index < -0.39 is 10.0 Å². The number of rotatable bonds is 9. The van der Waals surface area contributed by atoms with Gasteiger partial charge in [-0.15, -0.1) is 11.3 Å². The molecule has 1 fully saturated rings. The number of sulfonamides is 1. The third-order valence-electron chi connectivity index (χ3n) is 4.49. The van der Waals surface area contributed by atoms with Gasteiger partial charge in [-0.25, -0.2) is 18.5 Å². The molecule has 2 aromatic rings. The van der Waals surface area contributed by atoms with Gasteiger partial charge >= 0.3 is 0 Å². The molecule has 1 aliphatic carbocycles. The number of guanidine groups is 1. The van der Waals surface area contributed by atoms with Gasteiger partial charge in [0.15, 0.2) is 5.96 Å². The average Bonchev–Trinajstić information content (AvgIpc) is 3.37. The summed E-state index contributed by atoms with van der Waals surface area (Å²) in [4.78, 5) is 5.53. The van der Waals surface area contributed by atoms with Gasteiger partial charge in [0.05, 0.1) is 19.7 Å². The maximum absolute atomic E-state index is 11.4. The molecular formula is C20H28N4O3S2. The van der Waals surface area contributed by atoms with E-state index in [2.05, 4.69) is 40.7 Å². The Balaban J connectivity index is 1.65. The van der Waals surface area contributed by atoms with Gasteiger partial charge in [0, 0.05) is 17.0 Å². The van der Waals surface area contributed by atoms with Crippen LogP contribution in [0.1, 0.15) is 35.8 Å². The number of aliphatic imine (C=N–C) groups is 1. The van der Waals surface area contributed by atoms with E-state index in [1.807, 2.05) is 6.92 Å². The van der Waals surface area contributed by atoms with Crippen molar-refractivity contribution in [3.05, 3.63) is 46.3 Å². The molecule has 7 nitrogen and oxygen atoms in total. The zero-order chi connectivity index (χ0) is 20.9. The lowest BCUT2D eigenvalue weighted by Gasteiger charge is -2.13. The summed E-state index contributed by atoms with van der Waals surface area (Å²) in [5.74, 6) is 2.25. The normalized spacial score (nSPS) is 14.7. The van der Waals surface area contributed by atoms with Crippen molar-refractivity contribution in [1.29, 1.82) is 0 Å². The van der Waals surface area contributed by atoms with Gasteiger partial charge in [0.1, 0.15) is 9.96 Å². The first-order valence-corrected chi connectivity index (χ1v) is 12.1. The average molecular weight is 437 g/mol. The molecule has 0 spiro atoms. The van der Waals surface area contributed by atoms with Crippen molar-refractivity contribution >= 4 is 27.3 Å². The maximum atomic E-state index is 11.4. The Hall–Kier alpha value is -2.10. The zero-order valence-corrected chi connectivity index (χ0v) is 18.4. The largest absolute Gasteiger partial charge is 0.493 e. The number of nitrogens with zero attached hydrogens (tertiary/aromatic N) is 1. The molecule has 0 atom stereocenters. The quantitative estimate of drug-likeness (QED) is 0.414. The third-order valence-corrected chi connectivity index (χ3v) is 7.02. The summed E-state index contributed by atoms with van der Waals surface area (Å²) in [7, 11) is -3.66. The molecule has 1 aromatic carbocycles. The van der Waals surface area contributed by atoms with E-state index in [-0.39, 0.29) is 4.21 Å². The number of primary sulfonamides is 1. The zero-order valence-electron chi connectivity index (χ0n) is 16.8. The van der Waals surface area contributed by atoms with Crippen molar-refractivity contribution in [3.63, 3.8) is 0 Å². The molecule has 158 valence electrons. The molecule has 1 saturated carbocycles. The Kier molecular flexibility index (Phi) is 7.15. The molecule has 1 heterocycles. The second-order valence-corrected chi connectivity index (χ2v) is 10.1. The van der Waals surface area contributed by atoms with Crippen LogP contribution in [0.2, 0.25) is 0 Å². The fourth-order valence-electron chi connectivity index (χ4n) is 2.70. The molecule has 0 bridgehead atoms. The fraction of sp³-hybridized carbons (Fsp3) is 0.450. The number of nitrogens with one attached hydrogen (secondary N) is 2. The SMILES string of the molecule is CCNC(=NCc1ccc(C)cc1OCC1CC1)NCc1ccc(S(N)(=O)=O)s1. The van der Waals surface area contributed by atoms with E-state index in [1.165, 1.54) is 18.9 Å². The monoisotopic (exact) mass is 436 g/mol. The smallest absolute Gasteiger partial charge is 0.247 e. The Morgan fingerprint density at radius 3 is 2.72 bits per heavy atom. The standard InChI is InChI=1S/C20H28N4O3S2/c1-3-22-20(24-12-17-8-9-19(28-17)29(21,25)26)23-11-16-7-4-14(2)10-18(16)27-13-15-5-6-15/h4,7-10,15H,3,5-6,11-13H2,1-2H3,(H2,21,25,26)(H2,22,23,24). The van der Waals surface area contributed by atoms with Gasteiger partial charge in [0.25, 0.3) is 0 Å². The Morgan fingerprint density at radius 1 is 1.28 bits per heavy atom. The predicted molar refractivity (Wildman–Crippen MR) is 117 cm³/mol. The molecule has 0 aliphatic heterocycles. The van der Waals surface area contributed by atoms with E-state index in [0.717, 1.165) is 46.2 Å². The van der Waals surface area contributed by atoms with Crippen molar-refractivity contribution in [1.82, 2.24) is 10.6 Å². The summed E-state index contributed by atoms with van der Waals surface area (Å²) in [5, 5.41) is 11.6. The lowest BCUT2D eigenvalue weighted by atomic mass is 10.1. The molecule has 0 amide bonds. The van der Waals surface area contributed by atoms with Gasteiger partial charge in [-0.2, -0.15) is 0 Å². The third kappa shape index (κ3) is 6.73. The maximum Gasteiger partial charge on any atom is 0.247 e. The van der Waals surface area contributed by atoms with Crippen molar-refractivity contribution < 1.29 is 13.2 Å². The lowest BCUT2D eigenvalue weighted by Crippen LogP contribution is -2.36. The summed E-state index contributed by atoms with van der Waals surface area (Å²) in [6.45, 7) is 6.49. The van der Waals surface area contributed by atoms with Gasteiger partial charge < -0.3 is 15.4 Å². The molecule has 3 rings (SSSR count). The molecule has 1 aliphatic rings. The number of aryl methyl sites for hydroxylation is 1. The highest BCUT2D eigenvalue weighted by atomic mass is 32.2. The molecule has 29 heavy (non-hydrogen) atoms. The van der Waals surface area contributed by atoms with Crippen molar-refractivity contribution in [2.45, 2.75) is 44.0 Å². The van der Waals surface area contributed by atoms with Crippen molar-refractivity contribution in [2.24, 2.45) is 16.0 Å². The molecular weight excluding hydrogens is 408 g/mol. The predicted octanol–water partition coefficient (Wildman–Crippen LogP) is 2.75. The van der Waals surface area contributed by atoms with Crippen LogP contribution in [-0.4, -0.2) is 27.5 Å². The highest BCUT2D eigenvalue weighted by molar-refractivity contribution is 7.91. The van der Waals surface area contributed by atoms with Crippen LogP contribution in [0.3, 0.4) is 0 Å². The van der Waals surface area contributed by atoms with Crippen LogP contribution in [0, 0.1) is 12.8 Å². The summed E-state index contributed by atoms with van der Waals surface area (Å²) in [6, 6.07) is 9.47. The second-order valence-electron chi connectivity index (χ2n) is 7.18. The van der Waals surface area contributed by atoms with Crippen LogP contribution < -0.4 is 20.5 Å². The number of thiophene rings is 1. The molecule has 9 heteroatoms. The molecule has 0 saturated heterocycles. The Labute approximate surface area is 176 Å². The van der Waals surface area contributed by atoms with E-state index in [4.69, 9.17) is 9.88 Å². The van der Waals surface area contributed by atoms with Gasteiger partial charge in [0.2, 0.25) is 10.0 Å². The molecule has 4 N–H and O–H groups in total. The first-order valence-electron chi connectivity index (χ1n) is 9.71. The number of ether oxygens (including phenoxy) is 1. The van der Waals surface area contributed by atoms with Gasteiger partial charge in [-0.1, -0.05) is 12.1 Å². The second kappa shape index (κ2) is 9.60. The number of hydrogen-bond acceptors (Lipinski definition) is 5. The first-order chi connectivity index (χ1) is 13.8. The van der Waals surface area contributed by atoms with Crippen molar-refractivity contribution in [3.8, 4) is 5.75 Å².